The molecule has 0 spiro atoms. The fraction of sp³-hybridized carbons (Fsp3) is 0.423. The standard InChI is InChI=1S/C26H31FO5/c1-18(2)26(29)32-15-14-31-25-17-21(9-11-24(25)30-13-12-28)22-10-8-20(16-23(22)27)19-6-4-3-5-7-19/h8-11,16-17,19,28H,1,3-7,12-15H2,2H3. The molecule has 0 aliphatic heterocycles. The van der Waals surface area contributed by atoms with Gasteiger partial charge in [0.25, 0.3) is 0 Å². The van der Waals surface area contributed by atoms with Gasteiger partial charge in [0.15, 0.2) is 11.5 Å². The molecule has 1 saturated carbocycles. The van der Waals surface area contributed by atoms with Crippen LogP contribution in [-0.4, -0.2) is 37.5 Å². The maximum absolute atomic E-state index is 15.0. The predicted molar refractivity (Wildman–Crippen MR) is 122 cm³/mol. The molecule has 32 heavy (non-hydrogen) atoms. The number of hydrogen-bond donors (Lipinski definition) is 1. The van der Waals surface area contributed by atoms with Crippen LogP contribution in [0.5, 0.6) is 11.5 Å². The summed E-state index contributed by atoms with van der Waals surface area (Å²) in [4.78, 5) is 11.5. The van der Waals surface area contributed by atoms with Gasteiger partial charge in [-0.25, -0.2) is 9.18 Å². The Kier molecular flexibility index (Phi) is 8.68. The third-order valence-corrected chi connectivity index (χ3v) is 5.60. The second-order valence-electron chi connectivity index (χ2n) is 8.07. The van der Waals surface area contributed by atoms with Gasteiger partial charge in [0, 0.05) is 11.1 Å². The Morgan fingerprint density at radius 2 is 1.78 bits per heavy atom. The van der Waals surface area contributed by atoms with E-state index < -0.39 is 5.97 Å². The summed E-state index contributed by atoms with van der Waals surface area (Å²) in [5.41, 5.74) is 2.51. The lowest BCUT2D eigenvalue weighted by Gasteiger charge is -2.22. The second-order valence-corrected chi connectivity index (χ2v) is 8.07. The zero-order valence-corrected chi connectivity index (χ0v) is 18.6. The van der Waals surface area contributed by atoms with Crippen molar-refractivity contribution in [1.82, 2.24) is 0 Å². The molecule has 0 bridgehead atoms. The highest BCUT2D eigenvalue weighted by atomic mass is 19.1. The van der Waals surface area contributed by atoms with Crippen LogP contribution in [0.15, 0.2) is 48.6 Å². The van der Waals surface area contributed by atoms with Crippen LogP contribution < -0.4 is 9.47 Å². The second kappa shape index (κ2) is 11.7. The van der Waals surface area contributed by atoms with E-state index in [-0.39, 0.29) is 32.2 Å². The summed E-state index contributed by atoms with van der Waals surface area (Å²) in [6.45, 7) is 5.20. The zero-order chi connectivity index (χ0) is 22.9. The minimum absolute atomic E-state index is 0.0415. The smallest absolute Gasteiger partial charge is 0.333 e. The fourth-order valence-corrected chi connectivity index (χ4v) is 3.93. The van der Waals surface area contributed by atoms with Crippen molar-refractivity contribution in [1.29, 1.82) is 0 Å². The summed E-state index contributed by atoms with van der Waals surface area (Å²) >= 11 is 0. The van der Waals surface area contributed by atoms with Gasteiger partial charge in [0.2, 0.25) is 0 Å². The lowest BCUT2D eigenvalue weighted by Crippen LogP contribution is -2.13. The Morgan fingerprint density at radius 1 is 1.03 bits per heavy atom. The van der Waals surface area contributed by atoms with Gasteiger partial charge in [-0.05, 0) is 55.0 Å². The van der Waals surface area contributed by atoms with E-state index in [9.17, 15) is 4.79 Å². The van der Waals surface area contributed by atoms with E-state index in [1.165, 1.54) is 19.3 Å². The lowest BCUT2D eigenvalue weighted by atomic mass is 9.83. The molecule has 0 aromatic heterocycles. The quantitative estimate of drug-likeness (QED) is 0.303. The number of carbonyl (C=O) groups excluding carboxylic acids is 1. The average Bonchev–Trinajstić information content (AvgIpc) is 2.81. The summed E-state index contributed by atoms with van der Waals surface area (Å²) in [5, 5.41) is 9.07. The number of benzene rings is 2. The van der Waals surface area contributed by atoms with E-state index in [1.54, 1.807) is 31.2 Å². The van der Waals surface area contributed by atoms with Crippen molar-refractivity contribution in [2.45, 2.75) is 44.9 Å². The van der Waals surface area contributed by atoms with Crippen molar-refractivity contribution in [2.24, 2.45) is 0 Å². The van der Waals surface area contributed by atoms with E-state index in [1.807, 2.05) is 12.1 Å². The Hall–Kier alpha value is -2.86. The van der Waals surface area contributed by atoms with Crippen molar-refractivity contribution >= 4 is 5.97 Å². The molecule has 1 aliphatic carbocycles. The van der Waals surface area contributed by atoms with Gasteiger partial charge < -0.3 is 19.3 Å². The van der Waals surface area contributed by atoms with Crippen molar-refractivity contribution in [3.8, 4) is 22.6 Å². The van der Waals surface area contributed by atoms with E-state index in [4.69, 9.17) is 19.3 Å². The number of carbonyl (C=O) groups is 1. The van der Waals surface area contributed by atoms with Gasteiger partial charge in [0.1, 0.15) is 25.6 Å². The highest BCUT2D eigenvalue weighted by molar-refractivity contribution is 5.86. The van der Waals surface area contributed by atoms with Gasteiger partial charge in [-0.15, -0.1) is 0 Å². The van der Waals surface area contributed by atoms with Crippen LogP contribution in [0.25, 0.3) is 11.1 Å². The highest BCUT2D eigenvalue weighted by Crippen LogP contribution is 2.37. The van der Waals surface area contributed by atoms with E-state index in [2.05, 4.69) is 6.58 Å². The van der Waals surface area contributed by atoms with E-state index in [0.29, 0.717) is 34.1 Å². The van der Waals surface area contributed by atoms with E-state index >= 15 is 4.39 Å². The Labute approximate surface area is 188 Å². The molecule has 5 nitrogen and oxygen atoms in total. The Balaban J connectivity index is 1.76. The monoisotopic (exact) mass is 442 g/mol. The zero-order valence-electron chi connectivity index (χ0n) is 18.6. The lowest BCUT2D eigenvalue weighted by molar-refractivity contribution is -0.139. The first-order valence-corrected chi connectivity index (χ1v) is 11.1. The third-order valence-electron chi connectivity index (χ3n) is 5.60. The first kappa shape index (κ1) is 23.8. The summed E-state index contributed by atoms with van der Waals surface area (Å²) < 4.78 is 31.4. The third kappa shape index (κ3) is 6.33. The normalized spacial score (nSPS) is 14.1. The minimum atomic E-state index is -0.487. The number of esters is 1. The Bertz CT molecular complexity index is 934. The molecule has 0 atom stereocenters. The molecule has 1 aliphatic rings. The first-order chi connectivity index (χ1) is 15.5. The van der Waals surface area contributed by atoms with Crippen LogP contribution in [0, 0.1) is 5.82 Å². The molecule has 0 unspecified atom stereocenters. The van der Waals surface area contributed by atoms with Crippen molar-refractivity contribution in [3.63, 3.8) is 0 Å². The number of aliphatic hydroxyl groups excluding tert-OH is 1. The molecule has 2 aromatic carbocycles. The van der Waals surface area contributed by atoms with Gasteiger partial charge in [-0.3, -0.25) is 0 Å². The molecule has 0 saturated heterocycles. The maximum Gasteiger partial charge on any atom is 0.333 e. The maximum atomic E-state index is 15.0. The molecule has 2 aromatic rings. The van der Waals surface area contributed by atoms with Crippen LogP contribution in [0.4, 0.5) is 4.39 Å². The molecule has 6 heteroatoms. The number of rotatable bonds is 10. The van der Waals surface area contributed by atoms with Crippen LogP contribution in [0.1, 0.15) is 50.5 Å². The number of ether oxygens (including phenoxy) is 3. The largest absolute Gasteiger partial charge is 0.487 e. The minimum Gasteiger partial charge on any atom is -0.487 e. The number of hydrogen-bond acceptors (Lipinski definition) is 5. The molecule has 3 rings (SSSR count). The molecule has 0 amide bonds. The molecular weight excluding hydrogens is 411 g/mol. The molecule has 1 N–H and O–H groups in total. The number of halogens is 1. The highest BCUT2D eigenvalue weighted by Gasteiger charge is 2.18. The van der Waals surface area contributed by atoms with Gasteiger partial charge >= 0.3 is 5.97 Å². The van der Waals surface area contributed by atoms with Gasteiger partial charge in [-0.2, -0.15) is 0 Å². The number of aliphatic hydroxyl groups is 1. The van der Waals surface area contributed by atoms with Crippen LogP contribution in [-0.2, 0) is 9.53 Å². The van der Waals surface area contributed by atoms with Crippen molar-refractivity contribution in [2.75, 3.05) is 26.4 Å². The van der Waals surface area contributed by atoms with Crippen molar-refractivity contribution < 1.29 is 28.5 Å². The molecular formula is C26H31FO5. The van der Waals surface area contributed by atoms with Crippen LogP contribution in [0.3, 0.4) is 0 Å². The first-order valence-electron chi connectivity index (χ1n) is 11.1. The van der Waals surface area contributed by atoms with E-state index in [0.717, 1.165) is 18.4 Å². The van der Waals surface area contributed by atoms with Gasteiger partial charge in [0.05, 0.1) is 6.61 Å². The fourth-order valence-electron chi connectivity index (χ4n) is 3.93. The summed E-state index contributed by atoms with van der Waals surface area (Å²) in [5.74, 6) is 0.492. The average molecular weight is 443 g/mol. The SMILES string of the molecule is C=C(C)C(=O)OCCOc1cc(-c2ccc(C3CCCCC3)cc2F)ccc1OCCO. The molecule has 0 heterocycles. The van der Waals surface area contributed by atoms with Crippen molar-refractivity contribution in [3.05, 3.63) is 59.9 Å². The predicted octanol–water partition coefficient (Wildman–Crippen LogP) is 5.41. The summed E-state index contributed by atoms with van der Waals surface area (Å²) in [6, 6.07) is 10.6. The topological polar surface area (TPSA) is 65.0 Å². The van der Waals surface area contributed by atoms with Gasteiger partial charge in [-0.1, -0.05) is 44.0 Å². The molecule has 0 radical (unpaired) electrons. The summed E-state index contributed by atoms with van der Waals surface area (Å²) in [6.07, 6.45) is 5.89. The Morgan fingerprint density at radius 3 is 2.47 bits per heavy atom. The molecule has 172 valence electrons. The van der Waals surface area contributed by atoms with Crippen LogP contribution in [0.2, 0.25) is 0 Å². The molecule has 1 fully saturated rings. The van der Waals surface area contributed by atoms with Crippen LogP contribution >= 0.6 is 0 Å². The summed E-state index contributed by atoms with van der Waals surface area (Å²) in [7, 11) is 0.